The van der Waals surface area contributed by atoms with Crippen LogP contribution in [-0.2, 0) is 13.2 Å². The molecule has 21 heavy (non-hydrogen) atoms. The van der Waals surface area contributed by atoms with Crippen LogP contribution >= 0.6 is 15.9 Å². The smallest absolute Gasteiger partial charge is 0.134 e. The molecule has 0 saturated heterocycles. The summed E-state index contributed by atoms with van der Waals surface area (Å²) in [6.45, 7) is 0.871. The van der Waals surface area contributed by atoms with Crippen LogP contribution in [0.5, 0.6) is 5.75 Å². The molecule has 3 aromatic rings. The van der Waals surface area contributed by atoms with Gasteiger partial charge in [0, 0.05) is 18.3 Å². The van der Waals surface area contributed by atoms with E-state index in [0.717, 1.165) is 26.9 Å². The number of nitrogens with two attached hydrogens (primary N) is 1. The normalized spacial score (nSPS) is 10.8. The average Bonchev–Trinajstić information content (AvgIpc) is 2.55. The van der Waals surface area contributed by atoms with E-state index in [1.165, 1.54) is 5.39 Å². The Hall–Kier alpha value is -1.91. The van der Waals surface area contributed by atoms with Crippen LogP contribution in [-0.4, -0.2) is 4.98 Å². The third-order valence-electron chi connectivity index (χ3n) is 3.39. The van der Waals surface area contributed by atoms with Gasteiger partial charge in [0.2, 0.25) is 0 Å². The second-order valence-electron chi connectivity index (χ2n) is 4.70. The lowest BCUT2D eigenvalue weighted by Gasteiger charge is -2.12. The second kappa shape index (κ2) is 6.24. The second-order valence-corrected chi connectivity index (χ2v) is 5.49. The van der Waals surface area contributed by atoms with E-state index >= 15 is 0 Å². The average molecular weight is 343 g/mol. The summed E-state index contributed by atoms with van der Waals surface area (Å²) in [5.74, 6) is 0.820. The molecular weight excluding hydrogens is 328 g/mol. The Bertz CT molecular complexity index is 774. The molecule has 0 radical (unpaired) electrons. The first kappa shape index (κ1) is 14.0. The van der Waals surface area contributed by atoms with E-state index in [4.69, 9.17) is 10.5 Å². The van der Waals surface area contributed by atoms with Gasteiger partial charge in [-0.05, 0) is 38.8 Å². The van der Waals surface area contributed by atoms with E-state index in [2.05, 4.69) is 39.1 Å². The first-order chi connectivity index (χ1) is 10.3. The number of fused-ring (bicyclic) bond motifs is 1. The lowest BCUT2D eigenvalue weighted by Crippen LogP contribution is -2.06. The van der Waals surface area contributed by atoms with Crippen molar-refractivity contribution in [1.82, 2.24) is 4.98 Å². The largest absolute Gasteiger partial charge is 0.488 e. The van der Waals surface area contributed by atoms with Crippen LogP contribution in [0.15, 0.2) is 59.2 Å². The number of benzene rings is 2. The molecular formula is C17H15BrN2O. The summed E-state index contributed by atoms with van der Waals surface area (Å²) in [6, 6.07) is 16.1. The van der Waals surface area contributed by atoms with Crippen LogP contribution in [0.25, 0.3) is 10.8 Å². The molecule has 0 atom stereocenters. The van der Waals surface area contributed by atoms with Gasteiger partial charge in [0.25, 0.3) is 0 Å². The monoisotopic (exact) mass is 342 g/mol. The predicted molar refractivity (Wildman–Crippen MR) is 88.1 cm³/mol. The zero-order chi connectivity index (χ0) is 14.7. The molecule has 3 nitrogen and oxygen atoms in total. The maximum Gasteiger partial charge on any atom is 0.134 e. The molecule has 0 bridgehead atoms. The molecule has 0 aliphatic carbocycles. The highest BCUT2D eigenvalue weighted by molar-refractivity contribution is 9.10. The van der Waals surface area contributed by atoms with Crippen LogP contribution in [0.4, 0.5) is 0 Å². The molecule has 0 fully saturated rings. The van der Waals surface area contributed by atoms with Gasteiger partial charge in [-0.2, -0.15) is 0 Å². The Morgan fingerprint density at radius 1 is 1.05 bits per heavy atom. The number of rotatable bonds is 4. The number of hydrogen-bond donors (Lipinski definition) is 1. The quantitative estimate of drug-likeness (QED) is 0.778. The van der Waals surface area contributed by atoms with Gasteiger partial charge >= 0.3 is 0 Å². The minimum Gasteiger partial charge on any atom is -0.488 e. The summed E-state index contributed by atoms with van der Waals surface area (Å²) in [6.07, 6.45) is 1.75. The summed E-state index contributed by atoms with van der Waals surface area (Å²) in [7, 11) is 0. The fraction of sp³-hybridized carbons (Fsp3) is 0.118. The van der Waals surface area contributed by atoms with Crippen LogP contribution in [0, 0.1) is 0 Å². The highest BCUT2D eigenvalue weighted by atomic mass is 79.9. The molecule has 1 heterocycles. The van der Waals surface area contributed by atoms with E-state index in [1.54, 1.807) is 6.20 Å². The molecule has 2 aromatic carbocycles. The van der Waals surface area contributed by atoms with Crippen LogP contribution < -0.4 is 10.5 Å². The standard InChI is InChI=1S/C17H15BrN2O/c18-17-14-6-2-1-4-12(14)7-8-16(17)21-11-13-5-3-9-20-15(13)10-19/h1-9H,10-11,19H2. The van der Waals surface area contributed by atoms with Crippen molar-refractivity contribution < 1.29 is 4.74 Å². The van der Waals surface area contributed by atoms with Gasteiger partial charge in [-0.15, -0.1) is 0 Å². The lowest BCUT2D eigenvalue weighted by atomic mass is 10.1. The van der Waals surface area contributed by atoms with Crippen LogP contribution in [0.3, 0.4) is 0 Å². The number of halogens is 1. The highest BCUT2D eigenvalue weighted by Crippen LogP contribution is 2.33. The zero-order valence-corrected chi connectivity index (χ0v) is 13.0. The molecule has 0 aliphatic heterocycles. The van der Waals surface area contributed by atoms with E-state index in [0.29, 0.717) is 13.2 Å². The topological polar surface area (TPSA) is 48.1 Å². The molecule has 2 N–H and O–H groups in total. The fourth-order valence-corrected chi connectivity index (χ4v) is 2.87. The molecule has 1 aromatic heterocycles. The summed E-state index contributed by atoms with van der Waals surface area (Å²) < 4.78 is 6.90. The SMILES string of the molecule is NCc1ncccc1COc1ccc2ccccc2c1Br. The number of ether oxygens (including phenoxy) is 1. The third-order valence-corrected chi connectivity index (χ3v) is 4.21. The fourth-order valence-electron chi connectivity index (χ4n) is 2.27. The van der Waals surface area contributed by atoms with Gasteiger partial charge < -0.3 is 10.5 Å². The highest BCUT2D eigenvalue weighted by Gasteiger charge is 2.08. The molecule has 4 heteroatoms. The maximum absolute atomic E-state index is 5.93. The zero-order valence-electron chi connectivity index (χ0n) is 11.4. The molecule has 0 unspecified atom stereocenters. The number of pyridine rings is 1. The maximum atomic E-state index is 5.93. The number of hydrogen-bond acceptors (Lipinski definition) is 3. The summed E-state index contributed by atoms with van der Waals surface area (Å²) in [5, 5.41) is 2.32. The van der Waals surface area contributed by atoms with Gasteiger partial charge in [0.05, 0.1) is 10.2 Å². The predicted octanol–water partition coefficient (Wildman–Crippen LogP) is 4.04. The van der Waals surface area contributed by atoms with Crippen molar-refractivity contribution in [3.63, 3.8) is 0 Å². The Balaban J connectivity index is 1.87. The Morgan fingerprint density at radius 2 is 1.90 bits per heavy atom. The van der Waals surface area contributed by atoms with Crippen molar-refractivity contribution in [3.05, 3.63) is 70.5 Å². The molecule has 0 amide bonds. The Kier molecular flexibility index (Phi) is 4.18. The summed E-state index contributed by atoms with van der Waals surface area (Å²) in [4.78, 5) is 4.27. The van der Waals surface area contributed by atoms with Gasteiger partial charge in [0.15, 0.2) is 0 Å². The summed E-state index contributed by atoms with van der Waals surface area (Å²) >= 11 is 3.63. The van der Waals surface area contributed by atoms with Gasteiger partial charge in [-0.3, -0.25) is 4.98 Å². The van der Waals surface area contributed by atoms with Crippen molar-refractivity contribution in [2.75, 3.05) is 0 Å². The first-order valence-corrected chi connectivity index (χ1v) is 7.52. The van der Waals surface area contributed by atoms with E-state index in [-0.39, 0.29) is 0 Å². The van der Waals surface area contributed by atoms with Crippen molar-refractivity contribution in [1.29, 1.82) is 0 Å². The molecule has 0 aliphatic rings. The van der Waals surface area contributed by atoms with Crippen molar-refractivity contribution in [2.45, 2.75) is 13.2 Å². The molecule has 3 rings (SSSR count). The molecule has 0 spiro atoms. The minimum atomic E-state index is 0.415. The van der Waals surface area contributed by atoms with Gasteiger partial charge in [-0.25, -0.2) is 0 Å². The van der Waals surface area contributed by atoms with Crippen molar-refractivity contribution >= 4 is 26.7 Å². The van der Waals surface area contributed by atoms with Crippen molar-refractivity contribution in [2.24, 2.45) is 5.73 Å². The Morgan fingerprint density at radius 3 is 2.76 bits per heavy atom. The van der Waals surface area contributed by atoms with E-state index in [9.17, 15) is 0 Å². The Labute approximate surface area is 131 Å². The minimum absolute atomic E-state index is 0.415. The van der Waals surface area contributed by atoms with Crippen molar-refractivity contribution in [3.8, 4) is 5.75 Å². The number of aromatic nitrogens is 1. The van der Waals surface area contributed by atoms with E-state index < -0.39 is 0 Å². The lowest BCUT2D eigenvalue weighted by molar-refractivity contribution is 0.303. The van der Waals surface area contributed by atoms with Gasteiger partial charge in [-0.1, -0.05) is 36.4 Å². The molecule has 0 saturated carbocycles. The van der Waals surface area contributed by atoms with E-state index in [1.807, 2.05) is 30.3 Å². The van der Waals surface area contributed by atoms with Crippen LogP contribution in [0.2, 0.25) is 0 Å². The first-order valence-electron chi connectivity index (χ1n) is 6.72. The molecule has 106 valence electrons. The third kappa shape index (κ3) is 2.91. The van der Waals surface area contributed by atoms with Crippen LogP contribution in [0.1, 0.15) is 11.3 Å². The summed E-state index contributed by atoms with van der Waals surface area (Å²) in [5.41, 5.74) is 7.58. The van der Waals surface area contributed by atoms with Gasteiger partial charge in [0.1, 0.15) is 12.4 Å². The number of nitrogens with zero attached hydrogens (tertiary/aromatic N) is 1.